The monoisotopic (exact) mass is 313 g/mol. The predicted octanol–water partition coefficient (Wildman–Crippen LogP) is 2.82. The molecule has 0 aliphatic carbocycles. The Bertz CT molecular complexity index is 674. The quantitative estimate of drug-likeness (QED) is 0.874. The van der Waals surface area contributed by atoms with E-state index in [-0.39, 0.29) is 5.91 Å². The van der Waals surface area contributed by atoms with Crippen LogP contribution in [0.2, 0.25) is 0 Å². The lowest BCUT2D eigenvalue weighted by Gasteiger charge is -2.35. The molecule has 23 heavy (non-hydrogen) atoms. The standard InChI is InChI=1S/C18H23N3O2/c1-13-15(6-7-16(19-13)17-5-4-12-23-17)18(22)21(3)14-8-10-20(2)11-9-14/h4-7,12,14H,8-11H2,1-3H3. The Labute approximate surface area is 136 Å². The van der Waals surface area contributed by atoms with Gasteiger partial charge in [-0.05, 0) is 64.2 Å². The van der Waals surface area contributed by atoms with E-state index in [1.165, 1.54) is 0 Å². The Morgan fingerprint density at radius 1 is 1.30 bits per heavy atom. The number of piperidine rings is 1. The van der Waals surface area contributed by atoms with Gasteiger partial charge in [-0.25, -0.2) is 4.98 Å². The number of amides is 1. The lowest BCUT2D eigenvalue weighted by Crippen LogP contribution is -2.44. The number of hydrogen-bond acceptors (Lipinski definition) is 4. The Balaban J connectivity index is 1.77. The Kier molecular flexibility index (Phi) is 4.48. The van der Waals surface area contributed by atoms with Crippen LogP contribution >= 0.6 is 0 Å². The maximum Gasteiger partial charge on any atom is 0.255 e. The van der Waals surface area contributed by atoms with Crippen molar-refractivity contribution in [3.63, 3.8) is 0 Å². The van der Waals surface area contributed by atoms with Gasteiger partial charge in [0.05, 0.1) is 17.5 Å². The van der Waals surface area contributed by atoms with Crippen LogP contribution in [0.3, 0.4) is 0 Å². The van der Waals surface area contributed by atoms with E-state index in [9.17, 15) is 4.79 Å². The number of carbonyl (C=O) groups excluding carboxylic acids is 1. The lowest BCUT2D eigenvalue weighted by atomic mass is 10.0. The lowest BCUT2D eigenvalue weighted by molar-refractivity contribution is 0.0658. The number of carbonyl (C=O) groups is 1. The third-order valence-electron chi connectivity index (χ3n) is 4.65. The number of nitrogens with zero attached hydrogens (tertiary/aromatic N) is 3. The highest BCUT2D eigenvalue weighted by atomic mass is 16.3. The van der Waals surface area contributed by atoms with Crippen molar-refractivity contribution in [3.8, 4) is 11.5 Å². The van der Waals surface area contributed by atoms with Gasteiger partial charge in [-0.15, -0.1) is 0 Å². The first-order valence-electron chi connectivity index (χ1n) is 8.03. The number of rotatable bonds is 3. The van der Waals surface area contributed by atoms with E-state index < -0.39 is 0 Å². The van der Waals surface area contributed by atoms with Crippen LogP contribution in [0.15, 0.2) is 34.9 Å². The van der Waals surface area contributed by atoms with E-state index in [0.29, 0.717) is 11.6 Å². The summed E-state index contributed by atoms with van der Waals surface area (Å²) in [6.07, 6.45) is 3.67. The van der Waals surface area contributed by atoms with Crippen molar-refractivity contribution in [2.75, 3.05) is 27.2 Å². The molecule has 5 nitrogen and oxygen atoms in total. The first-order valence-corrected chi connectivity index (χ1v) is 8.03. The van der Waals surface area contributed by atoms with E-state index in [2.05, 4.69) is 16.9 Å². The van der Waals surface area contributed by atoms with E-state index in [4.69, 9.17) is 4.42 Å². The number of aromatic nitrogens is 1. The molecule has 3 rings (SSSR count). The summed E-state index contributed by atoms with van der Waals surface area (Å²) in [6.45, 7) is 3.95. The van der Waals surface area contributed by atoms with Gasteiger partial charge in [0.2, 0.25) is 0 Å². The molecule has 2 aromatic rings. The largest absolute Gasteiger partial charge is 0.463 e. The van der Waals surface area contributed by atoms with Gasteiger partial charge in [0, 0.05) is 13.1 Å². The molecule has 0 atom stereocenters. The second-order valence-electron chi connectivity index (χ2n) is 6.26. The first kappa shape index (κ1) is 15.7. The number of furan rings is 1. The van der Waals surface area contributed by atoms with Crippen LogP contribution in [0, 0.1) is 6.92 Å². The first-order chi connectivity index (χ1) is 11.1. The second kappa shape index (κ2) is 6.54. The van der Waals surface area contributed by atoms with Crippen LogP contribution < -0.4 is 0 Å². The van der Waals surface area contributed by atoms with Crippen molar-refractivity contribution in [2.45, 2.75) is 25.8 Å². The van der Waals surface area contributed by atoms with Gasteiger partial charge in [0.25, 0.3) is 5.91 Å². The third kappa shape index (κ3) is 3.29. The van der Waals surface area contributed by atoms with E-state index in [1.807, 2.05) is 43.1 Å². The molecule has 1 amide bonds. The Hall–Kier alpha value is -2.14. The van der Waals surface area contributed by atoms with Crippen LogP contribution in [0.1, 0.15) is 28.9 Å². The van der Waals surface area contributed by atoms with Gasteiger partial charge in [0.1, 0.15) is 5.69 Å². The van der Waals surface area contributed by atoms with Crippen molar-refractivity contribution in [2.24, 2.45) is 0 Å². The van der Waals surface area contributed by atoms with Crippen LogP contribution in [0.4, 0.5) is 0 Å². The van der Waals surface area contributed by atoms with Crippen LogP contribution in [-0.2, 0) is 0 Å². The molecule has 0 aromatic carbocycles. The minimum Gasteiger partial charge on any atom is -0.463 e. The highest BCUT2D eigenvalue weighted by molar-refractivity contribution is 5.95. The summed E-state index contributed by atoms with van der Waals surface area (Å²) in [5.41, 5.74) is 2.16. The molecule has 3 heterocycles. The smallest absolute Gasteiger partial charge is 0.255 e. The summed E-state index contributed by atoms with van der Waals surface area (Å²) >= 11 is 0. The third-order valence-corrected chi connectivity index (χ3v) is 4.65. The number of likely N-dealkylation sites (tertiary alicyclic amines) is 1. The van der Waals surface area contributed by atoms with Crippen molar-refractivity contribution < 1.29 is 9.21 Å². The SMILES string of the molecule is Cc1nc(-c2ccco2)ccc1C(=O)N(C)C1CCN(C)CC1. The van der Waals surface area contributed by atoms with Crippen molar-refractivity contribution in [1.29, 1.82) is 0 Å². The summed E-state index contributed by atoms with van der Waals surface area (Å²) in [5.74, 6) is 0.770. The van der Waals surface area contributed by atoms with E-state index >= 15 is 0 Å². The second-order valence-corrected chi connectivity index (χ2v) is 6.26. The summed E-state index contributed by atoms with van der Waals surface area (Å²) < 4.78 is 5.37. The number of pyridine rings is 1. The zero-order chi connectivity index (χ0) is 16.4. The van der Waals surface area contributed by atoms with Gasteiger partial charge in [-0.1, -0.05) is 0 Å². The Morgan fingerprint density at radius 3 is 2.65 bits per heavy atom. The fraction of sp³-hybridized carbons (Fsp3) is 0.444. The molecule has 1 aliphatic rings. The zero-order valence-corrected chi connectivity index (χ0v) is 14.0. The highest BCUT2D eigenvalue weighted by Gasteiger charge is 2.25. The fourth-order valence-corrected chi connectivity index (χ4v) is 3.09. The summed E-state index contributed by atoms with van der Waals surface area (Å²) in [6, 6.07) is 7.71. The van der Waals surface area contributed by atoms with Crippen LogP contribution in [-0.4, -0.2) is 53.9 Å². The molecule has 0 bridgehead atoms. The average Bonchev–Trinajstić information content (AvgIpc) is 3.08. The fourth-order valence-electron chi connectivity index (χ4n) is 3.09. The van der Waals surface area contributed by atoms with Crippen molar-refractivity contribution >= 4 is 5.91 Å². The molecule has 1 fully saturated rings. The topological polar surface area (TPSA) is 49.6 Å². The number of hydrogen-bond donors (Lipinski definition) is 0. The normalized spacial score (nSPS) is 16.5. The van der Waals surface area contributed by atoms with Gasteiger partial charge in [0.15, 0.2) is 5.76 Å². The molecule has 1 saturated heterocycles. The molecular weight excluding hydrogens is 290 g/mol. The summed E-state index contributed by atoms with van der Waals surface area (Å²) in [5, 5.41) is 0. The number of aryl methyl sites for hydroxylation is 1. The molecule has 0 radical (unpaired) electrons. The van der Waals surface area contributed by atoms with Crippen molar-refractivity contribution in [3.05, 3.63) is 41.8 Å². The molecule has 0 spiro atoms. The summed E-state index contributed by atoms with van der Waals surface area (Å²) in [7, 11) is 4.03. The minimum absolute atomic E-state index is 0.0514. The molecule has 2 aromatic heterocycles. The Morgan fingerprint density at radius 2 is 2.04 bits per heavy atom. The molecular formula is C18H23N3O2. The van der Waals surface area contributed by atoms with Crippen LogP contribution in [0.5, 0.6) is 0 Å². The maximum atomic E-state index is 12.8. The molecule has 0 N–H and O–H groups in total. The molecule has 0 saturated carbocycles. The molecule has 122 valence electrons. The average molecular weight is 313 g/mol. The van der Waals surface area contributed by atoms with Gasteiger partial charge in [-0.3, -0.25) is 4.79 Å². The van der Waals surface area contributed by atoms with Gasteiger partial charge in [-0.2, -0.15) is 0 Å². The molecule has 1 aliphatic heterocycles. The van der Waals surface area contributed by atoms with E-state index in [1.54, 1.807) is 6.26 Å². The maximum absolute atomic E-state index is 12.8. The molecule has 5 heteroatoms. The van der Waals surface area contributed by atoms with Gasteiger partial charge >= 0.3 is 0 Å². The van der Waals surface area contributed by atoms with Gasteiger partial charge < -0.3 is 14.2 Å². The predicted molar refractivity (Wildman–Crippen MR) is 89.3 cm³/mol. The van der Waals surface area contributed by atoms with Crippen molar-refractivity contribution in [1.82, 2.24) is 14.8 Å². The zero-order valence-electron chi connectivity index (χ0n) is 14.0. The highest BCUT2D eigenvalue weighted by Crippen LogP contribution is 2.22. The van der Waals surface area contributed by atoms with E-state index in [0.717, 1.165) is 43.1 Å². The summed E-state index contributed by atoms with van der Waals surface area (Å²) in [4.78, 5) is 21.5. The molecule has 0 unspecified atom stereocenters. The minimum atomic E-state index is 0.0514. The van der Waals surface area contributed by atoms with Crippen LogP contribution in [0.25, 0.3) is 11.5 Å².